The number of methoxy groups -OCH3 is 1. The molecule has 1 aliphatic rings. The van der Waals surface area contributed by atoms with E-state index in [9.17, 15) is 9.59 Å². The monoisotopic (exact) mass is 414 g/mol. The fraction of sp³-hybridized carbons (Fsp3) is 0.120. The molecule has 31 heavy (non-hydrogen) atoms. The fourth-order valence-corrected chi connectivity index (χ4v) is 3.28. The molecule has 1 saturated heterocycles. The van der Waals surface area contributed by atoms with E-state index in [1.54, 1.807) is 31.4 Å². The molecule has 0 unspecified atom stereocenters. The van der Waals surface area contributed by atoms with Crippen LogP contribution in [0.1, 0.15) is 16.7 Å². The van der Waals surface area contributed by atoms with Crippen molar-refractivity contribution < 1.29 is 19.1 Å². The van der Waals surface area contributed by atoms with E-state index in [1.807, 2.05) is 60.7 Å². The zero-order chi connectivity index (χ0) is 21.6. The average Bonchev–Trinajstić information content (AvgIpc) is 3.06. The van der Waals surface area contributed by atoms with Gasteiger partial charge in [0.1, 0.15) is 12.3 Å². The maximum Gasteiger partial charge on any atom is 0.329 e. The molecule has 0 bridgehead atoms. The summed E-state index contributed by atoms with van der Waals surface area (Å²) in [6.07, 6.45) is 1.64. The first-order valence-corrected chi connectivity index (χ1v) is 9.87. The maximum absolute atomic E-state index is 12.8. The number of rotatable bonds is 7. The molecule has 4 rings (SSSR count). The smallest absolute Gasteiger partial charge is 0.329 e. The van der Waals surface area contributed by atoms with Crippen molar-refractivity contribution in [2.75, 3.05) is 7.11 Å². The van der Waals surface area contributed by atoms with Crippen LogP contribution in [0.25, 0.3) is 6.08 Å². The SMILES string of the molecule is COc1ccc(/C=C2/NC(=O)N(Cc3ccccc3)C2=O)cc1OCc1ccccc1. The minimum atomic E-state index is -0.436. The Kier molecular flexibility index (Phi) is 5.98. The van der Waals surface area contributed by atoms with Gasteiger partial charge in [-0.15, -0.1) is 0 Å². The van der Waals surface area contributed by atoms with Crippen LogP contribution in [0.2, 0.25) is 0 Å². The highest BCUT2D eigenvalue weighted by atomic mass is 16.5. The van der Waals surface area contributed by atoms with Crippen LogP contribution in [0.15, 0.2) is 84.6 Å². The summed E-state index contributed by atoms with van der Waals surface area (Å²) in [6, 6.07) is 24.1. The molecular formula is C25H22N2O4. The Morgan fingerprint density at radius 3 is 2.23 bits per heavy atom. The van der Waals surface area contributed by atoms with Crippen LogP contribution >= 0.6 is 0 Å². The van der Waals surface area contributed by atoms with E-state index in [2.05, 4.69) is 5.32 Å². The van der Waals surface area contributed by atoms with Crippen molar-refractivity contribution in [1.29, 1.82) is 0 Å². The molecule has 3 aromatic rings. The highest BCUT2D eigenvalue weighted by Gasteiger charge is 2.33. The van der Waals surface area contributed by atoms with Gasteiger partial charge >= 0.3 is 6.03 Å². The van der Waals surface area contributed by atoms with Crippen LogP contribution in [0.5, 0.6) is 11.5 Å². The number of nitrogens with zero attached hydrogens (tertiary/aromatic N) is 1. The van der Waals surface area contributed by atoms with Gasteiger partial charge in [-0.05, 0) is 34.9 Å². The molecule has 1 fully saturated rings. The Labute approximate surface area is 180 Å². The van der Waals surface area contributed by atoms with E-state index >= 15 is 0 Å². The largest absolute Gasteiger partial charge is 0.493 e. The van der Waals surface area contributed by atoms with Crippen molar-refractivity contribution in [3.63, 3.8) is 0 Å². The summed E-state index contributed by atoms with van der Waals surface area (Å²) >= 11 is 0. The normalized spacial score (nSPS) is 14.6. The number of urea groups is 1. The molecule has 0 aliphatic carbocycles. The minimum absolute atomic E-state index is 0.219. The fourth-order valence-electron chi connectivity index (χ4n) is 3.28. The topological polar surface area (TPSA) is 67.9 Å². The molecule has 0 radical (unpaired) electrons. The molecule has 156 valence electrons. The van der Waals surface area contributed by atoms with Crippen molar-refractivity contribution in [3.05, 3.63) is 101 Å². The molecule has 0 saturated carbocycles. The summed E-state index contributed by atoms with van der Waals surface area (Å²) in [6.45, 7) is 0.606. The molecule has 1 aliphatic heterocycles. The zero-order valence-corrected chi connectivity index (χ0v) is 17.1. The Hall–Kier alpha value is -4.06. The second-order valence-electron chi connectivity index (χ2n) is 7.05. The number of hydrogen-bond acceptors (Lipinski definition) is 4. The first kappa shape index (κ1) is 20.2. The van der Waals surface area contributed by atoms with Gasteiger partial charge < -0.3 is 14.8 Å². The third kappa shape index (κ3) is 4.75. The molecule has 1 heterocycles. The summed E-state index contributed by atoms with van der Waals surface area (Å²) in [5.74, 6) is 0.778. The Bertz CT molecular complexity index is 1110. The van der Waals surface area contributed by atoms with Crippen molar-refractivity contribution in [1.82, 2.24) is 10.2 Å². The van der Waals surface area contributed by atoms with Crippen LogP contribution in [0, 0.1) is 0 Å². The summed E-state index contributed by atoms with van der Waals surface area (Å²) in [5.41, 5.74) is 2.85. The van der Waals surface area contributed by atoms with Gasteiger partial charge in [0.2, 0.25) is 0 Å². The number of carbonyl (C=O) groups excluding carboxylic acids is 2. The first-order valence-electron chi connectivity index (χ1n) is 9.87. The second kappa shape index (κ2) is 9.17. The van der Waals surface area contributed by atoms with Gasteiger partial charge in [0.25, 0.3) is 5.91 Å². The number of imide groups is 1. The van der Waals surface area contributed by atoms with Crippen molar-refractivity contribution in [2.24, 2.45) is 0 Å². The molecule has 1 N–H and O–H groups in total. The quantitative estimate of drug-likeness (QED) is 0.461. The second-order valence-corrected chi connectivity index (χ2v) is 7.05. The van der Waals surface area contributed by atoms with Crippen LogP contribution in [0.3, 0.4) is 0 Å². The summed E-state index contributed by atoms with van der Waals surface area (Å²) < 4.78 is 11.3. The summed E-state index contributed by atoms with van der Waals surface area (Å²) in [5, 5.41) is 2.65. The first-order chi connectivity index (χ1) is 15.1. The molecule has 3 amide bonds. The molecule has 0 atom stereocenters. The number of nitrogens with one attached hydrogen (secondary N) is 1. The lowest BCUT2D eigenvalue weighted by molar-refractivity contribution is -0.123. The average molecular weight is 414 g/mol. The minimum Gasteiger partial charge on any atom is -0.493 e. The highest BCUT2D eigenvalue weighted by Crippen LogP contribution is 2.30. The molecule has 0 spiro atoms. The Balaban J connectivity index is 1.52. The van der Waals surface area contributed by atoms with Gasteiger partial charge in [-0.25, -0.2) is 4.79 Å². The van der Waals surface area contributed by atoms with E-state index in [-0.39, 0.29) is 18.1 Å². The van der Waals surface area contributed by atoms with E-state index < -0.39 is 6.03 Å². The van der Waals surface area contributed by atoms with Crippen molar-refractivity contribution >= 4 is 18.0 Å². The van der Waals surface area contributed by atoms with Crippen molar-refractivity contribution in [3.8, 4) is 11.5 Å². The number of amides is 3. The third-order valence-corrected chi connectivity index (χ3v) is 4.88. The number of ether oxygens (including phenoxy) is 2. The van der Waals surface area contributed by atoms with E-state index in [0.29, 0.717) is 23.7 Å². The highest BCUT2D eigenvalue weighted by molar-refractivity contribution is 6.13. The lowest BCUT2D eigenvalue weighted by Crippen LogP contribution is -2.30. The molecule has 3 aromatic carbocycles. The lowest BCUT2D eigenvalue weighted by Gasteiger charge is -2.12. The van der Waals surface area contributed by atoms with E-state index in [0.717, 1.165) is 11.1 Å². The van der Waals surface area contributed by atoms with E-state index in [4.69, 9.17) is 9.47 Å². The van der Waals surface area contributed by atoms with Crippen LogP contribution in [0.4, 0.5) is 4.79 Å². The Morgan fingerprint density at radius 1 is 0.871 bits per heavy atom. The van der Waals surface area contributed by atoms with Crippen LogP contribution in [-0.4, -0.2) is 23.9 Å². The zero-order valence-electron chi connectivity index (χ0n) is 17.1. The standard InChI is InChI=1S/C25H22N2O4/c1-30-22-13-12-20(15-23(22)31-17-19-10-6-3-7-11-19)14-21-24(28)27(25(29)26-21)16-18-8-4-2-5-9-18/h2-15H,16-17H2,1H3,(H,26,29)/b21-14+. The number of benzene rings is 3. The van der Waals surface area contributed by atoms with Gasteiger partial charge in [-0.1, -0.05) is 66.7 Å². The summed E-state index contributed by atoms with van der Waals surface area (Å²) in [7, 11) is 1.57. The Morgan fingerprint density at radius 2 is 1.55 bits per heavy atom. The molecule has 6 heteroatoms. The van der Waals surface area contributed by atoms with E-state index in [1.165, 1.54) is 4.90 Å². The van der Waals surface area contributed by atoms with Crippen LogP contribution in [-0.2, 0) is 17.9 Å². The maximum atomic E-state index is 12.8. The van der Waals surface area contributed by atoms with Crippen molar-refractivity contribution in [2.45, 2.75) is 13.2 Å². The molecule has 0 aromatic heterocycles. The molecule has 6 nitrogen and oxygen atoms in total. The van der Waals surface area contributed by atoms with Crippen LogP contribution < -0.4 is 14.8 Å². The number of hydrogen-bond donors (Lipinski definition) is 1. The lowest BCUT2D eigenvalue weighted by atomic mass is 10.1. The van der Waals surface area contributed by atoms with Gasteiger partial charge in [0.05, 0.1) is 13.7 Å². The van der Waals surface area contributed by atoms with Gasteiger partial charge in [-0.3, -0.25) is 9.69 Å². The predicted molar refractivity (Wildman–Crippen MR) is 117 cm³/mol. The summed E-state index contributed by atoms with van der Waals surface area (Å²) in [4.78, 5) is 26.3. The van der Waals surface area contributed by atoms with Gasteiger partial charge in [0, 0.05) is 0 Å². The number of carbonyl (C=O) groups is 2. The third-order valence-electron chi connectivity index (χ3n) is 4.88. The van der Waals surface area contributed by atoms with Gasteiger partial charge in [0.15, 0.2) is 11.5 Å². The van der Waals surface area contributed by atoms with Gasteiger partial charge in [-0.2, -0.15) is 0 Å². The predicted octanol–water partition coefficient (Wildman–Crippen LogP) is 4.37. The molecular weight excluding hydrogens is 392 g/mol.